The molecule has 0 atom stereocenters. The van der Waals surface area contributed by atoms with E-state index in [1.165, 1.54) is 39.1 Å². The van der Waals surface area contributed by atoms with Crippen LogP contribution in [0.25, 0.3) is 0 Å². The number of hydrogen-bond acceptors (Lipinski definition) is 2. The lowest BCUT2D eigenvalue weighted by Gasteiger charge is -2.13. The summed E-state index contributed by atoms with van der Waals surface area (Å²) in [5.41, 5.74) is 9.24. The van der Waals surface area contributed by atoms with Crippen molar-refractivity contribution < 1.29 is 0 Å². The largest absolute Gasteiger partial charge is 0.369 e. The van der Waals surface area contributed by atoms with Crippen LogP contribution in [0.4, 0.5) is 5.69 Å². The van der Waals surface area contributed by atoms with E-state index in [1.807, 2.05) is 0 Å². The van der Waals surface area contributed by atoms with Gasteiger partial charge in [0.1, 0.15) is 5.84 Å². The van der Waals surface area contributed by atoms with Crippen molar-refractivity contribution >= 4 is 11.5 Å². The standard InChI is InChI=1S/C21H26N2/c1-5-16-8-7-9-17-10-11-22-21(23-20(16)17)18-12-14(3)19(6-2)15(4)13-18/h7-9,12-13H,5-6,10-11H2,1-4H3,(H,22,23). The molecule has 2 aromatic rings. The van der Waals surface area contributed by atoms with E-state index < -0.39 is 0 Å². The number of rotatable bonds is 3. The topological polar surface area (TPSA) is 24.4 Å². The van der Waals surface area contributed by atoms with Crippen LogP contribution in [-0.2, 0) is 19.3 Å². The van der Waals surface area contributed by atoms with Gasteiger partial charge in [0, 0.05) is 12.1 Å². The first-order valence-corrected chi connectivity index (χ1v) is 8.67. The zero-order valence-electron chi connectivity index (χ0n) is 14.7. The molecule has 0 unspecified atom stereocenters. The van der Waals surface area contributed by atoms with Gasteiger partial charge in [0.2, 0.25) is 0 Å². The Kier molecular flexibility index (Phi) is 4.51. The monoisotopic (exact) mass is 306 g/mol. The van der Waals surface area contributed by atoms with Crippen molar-refractivity contribution in [2.75, 3.05) is 6.54 Å². The molecule has 2 nitrogen and oxygen atoms in total. The van der Waals surface area contributed by atoms with Gasteiger partial charge in [-0.1, -0.05) is 32.0 Å². The van der Waals surface area contributed by atoms with Crippen LogP contribution in [0.5, 0.6) is 0 Å². The molecule has 0 bridgehead atoms. The zero-order valence-corrected chi connectivity index (χ0v) is 14.7. The molecule has 120 valence electrons. The number of aryl methyl sites for hydroxylation is 3. The average Bonchev–Trinajstić information content (AvgIpc) is 2.76. The summed E-state index contributed by atoms with van der Waals surface area (Å²) in [4.78, 5) is 5.02. The Hall–Kier alpha value is -2.09. The quantitative estimate of drug-likeness (QED) is 0.877. The first kappa shape index (κ1) is 15.8. The highest BCUT2D eigenvalue weighted by Crippen LogP contribution is 2.28. The minimum Gasteiger partial charge on any atom is -0.369 e. The number of benzene rings is 2. The van der Waals surface area contributed by atoms with Crippen molar-refractivity contribution in [3.05, 3.63) is 63.7 Å². The van der Waals surface area contributed by atoms with Crippen LogP contribution in [0.1, 0.15) is 47.2 Å². The van der Waals surface area contributed by atoms with Gasteiger partial charge in [0.25, 0.3) is 0 Å². The Morgan fingerprint density at radius 1 is 1.04 bits per heavy atom. The van der Waals surface area contributed by atoms with Crippen LogP contribution in [0.2, 0.25) is 0 Å². The van der Waals surface area contributed by atoms with Crippen LogP contribution in [0, 0.1) is 13.8 Å². The molecule has 1 N–H and O–H groups in total. The van der Waals surface area contributed by atoms with Gasteiger partial charge in [-0.3, -0.25) is 0 Å². The van der Waals surface area contributed by atoms with Gasteiger partial charge in [-0.2, -0.15) is 0 Å². The zero-order chi connectivity index (χ0) is 16.4. The molecular weight excluding hydrogens is 280 g/mol. The summed E-state index contributed by atoms with van der Waals surface area (Å²) in [6, 6.07) is 11.1. The Bertz CT molecular complexity index is 733. The Labute approximate surface area is 139 Å². The maximum absolute atomic E-state index is 5.02. The number of fused-ring (bicyclic) bond motifs is 1. The fourth-order valence-electron chi connectivity index (χ4n) is 3.60. The molecule has 23 heavy (non-hydrogen) atoms. The van der Waals surface area contributed by atoms with Gasteiger partial charge in [0.15, 0.2) is 0 Å². The van der Waals surface area contributed by atoms with E-state index in [0.717, 1.165) is 31.6 Å². The Morgan fingerprint density at radius 2 is 1.78 bits per heavy atom. The molecule has 0 aromatic heterocycles. The smallest absolute Gasteiger partial charge is 0.133 e. The molecule has 0 amide bonds. The van der Waals surface area contributed by atoms with Crippen molar-refractivity contribution in [1.29, 1.82) is 0 Å². The molecular formula is C21H26N2. The van der Waals surface area contributed by atoms with Crippen LogP contribution >= 0.6 is 0 Å². The van der Waals surface area contributed by atoms with Gasteiger partial charge < -0.3 is 5.32 Å². The normalized spacial score (nSPS) is 13.8. The first-order valence-electron chi connectivity index (χ1n) is 8.67. The predicted octanol–water partition coefficient (Wildman–Crippen LogP) is 4.65. The van der Waals surface area contributed by atoms with Gasteiger partial charge >= 0.3 is 0 Å². The summed E-state index contributed by atoms with van der Waals surface area (Å²) in [6.07, 6.45) is 3.13. The number of nitrogens with zero attached hydrogens (tertiary/aromatic N) is 1. The molecule has 1 aliphatic rings. The summed E-state index contributed by atoms with van der Waals surface area (Å²) in [6.45, 7) is 9.77. The summed E-state index contributed by atoms with van der Waals surface area (Å²) < 4.78 is 0. The molecule has 0 radical (unpaired) electrons. The molecule has 2 heteroatoms. The minimum atomic E-state index is 0.937. The van der Waals surface area contributed by atoms with Crippen molar-refractivity contribution in [1.82, 2.24) is 5.32 Å². The second-order valence-corrected chi connectivity index (χ2v) is 6.36. The molecule has 0 saturated heterocycles. The number of para-hydroxylation sites is 1. The van der Waals surface area contributed by atoms with Crippen LogP contribution in [-0.4, -0.2) is 12.4 Å². The molecule has 3 rings (SSSR count). The summed E-state index contributed by atoms with van der Waals surface area (Å²) >= 11 is 0. The fraction of sp³-hybridized carbons (Fsp3) is 0.381. The first-order chi connectivity index (χ1) is 11.1. The van der Waals surface area contributed by atoms with E-state index in [-0.39, 0.29) is 0 Å². The maximum Gasteiger partial charge on any atom is 0.133 e. The lowest BCUT2D eigenvalue weighted by atomic mass is 9.97. The third-order valence-electron chi connectivity index (χ3n) is 4.82. The van der Waals surface area contributed by atoms with E-state index in [9.17, 15) is 0 Å². The van der Waals surface area contributed by atoms with Gasteiger partial charge in [-0.15, -0.1) is 0 Å². The Morgan fingerprint density at radius 3 is 2.43 bits per heavy atom. The SMILES string of the molecule is CCc1cccc2c1N=C(c1cc(C)c(CC)c(C)c1)NCC2. The number of nitrogens with one attached hydrogen (secondary N) is 1. The highest BCUT2D eigenvalue weighted by molar-refractivity contribution is 6.01. The van der Waals surface area contributed by atoms with E-state index >= 15 is 0 Å². The van der Waals surface area contributed by atoms with Gasteiger partial charge in [0.05, 0.1) is 5.69 Å². The van der Waals surface area contributed by atoms with Crippen molar-refractivity contribution in [2.45, 2.75) is 47.0 Å². The molecule has 0 saturated carbocycles. The fourth-order valence-corrected chi connectivity index (χ4v) is 3.60. The second-order valence-electron chi connectivity index (χ2n) is 6.36. The number of hydrogen-bond donors (Lipinski definition) is 1. The van der Waals surface area contributed by atoms with Crippen LogP contribution in [0.15, 0.2) is 35.3 Å². The van der Waals surface area contributed by atoms with Gasteiger partial charge in [-0.25, -0.2) is 4.99 Å². The van der Waals surface area contributed by atoms with E-state index in [4.69, 9.17) is 4.99 Å². The van der Waals surface area contributed by atoms with E-state index in [2.05, 4.69) is 63.3 Å². The molecule has 2 aromatic carbocycles. The average molecular weight is 306 g/mol. The molecule has 0 aliphatic carbocycles. The van der Waals surface area contributed by atoms with E-state index in [0.29, 0.717) is 0 Å². The van der Waals surface area contributed by atoms with Crippen LogP contribution in [0.3, 0.4) is 0 Å². The third-order valence-corrected chi connectivity index (χ3v) is 4.82. The molecule has 0 spiro atoms. The van der Waals surface area contributed by atoms with Crippen LogP contribution < -0.4 is 5.32 Å². The van der Waals surface area contributed by atoms with Crippen molar-refractivity contribution in [3.63, 3.8) is 0 Å². The molecule has 0 fully saturated rings. The number of aliphatic imine (C=N–C) groups is 1. The summed E-state index contributed by atoms with van der Waals surface area (Å²) in [5.74, 6) is 1.01. The number of amidine groups is 1. The lowest BCUT2D eigenvalue weighted by molar-refractivity contribution is 0.879. The highest BCUT2D eigenvalue weighted by atomic mass is 15.0. The lowest BCUT2D eigenvalue weighted by Crippen LogP contribution is -2.25. The second kappa shape index (κ2) is 6.57. The Balaban J connectivity index is 2.11. The van der Waals surface area contributed by atoms with Crippen molar-refractivity contribution in [2.24, 2.45) is 4.99 Å². The third kappa shape index (κ3) is 3.03. The van der Waals surface area contributed by atoms with E-state index in [1.54, 1.807) is 0 Å². The summed E-state index contributed by atoms with van der Waals surface area (Å²) in [7, 11) is 0. The predicted molar refractivity (Wildman–Crippen MR) is 99.0 cm³/mol. The molecule has 1 aliphatic heterocycles. The maximum atomic E-state index is 5.02. The highest BCUT2D eigenvalue weighted by Gasteiger charge is 2.15. The summed E-state index contributed by atoms with van der Waals surface area (Å²) in [5, 5.41) is 3.54. The minimum absolute atomic E-state index is 0.937. The molecule has 1 heterocycles. The van der Waals surface area contributed by atoms with Gasteiger partial charge in [-0.05, 0) is 73.1 Å². The van der Waals surface area contributed by atoms with Crippen molar-refractivity contribution in [3.8, 4) is 0 Å².